The zero-order chi connectivity index (χ0) is 20.5. The number of halogens is 1. The molecule has 29 heavy (non-hydrogen) atoms. The molecule has 1 atom stereocenters. The zero-order valence-electron chi connectivity index (χ0n) is 16.3. The van der Waals surface area contributed by atoms with Crippen LogP contribution in [0.5, 0.6) is 0 Å². The van der Waals surface area contributed by atoms with E-state index >= 15 is 0 Å². The molecule has 3 aromatic rings. The molecule has 0 saturated heterocycles. The van der Waals surface area contributed by atoms with Crippen molar-refractivity contribution >= 4 is 17.0 Å². The second-order valence-corrected chi connectivity index (χ2v) is 7.47. The Balaban J connectivity index is 1.68. The van der Waals surface area contributed by atoms with E-state index in [9.17, 15) is 8.94 Å². The molecule has 0 radical (unpaired) electrons. The lowest BCUT2D eigenvalue weighted by Gasteiger charge is -2.23. The summed E-state index contributed by atoms with van der Waals surface area (Å²) in [5, 5.41) is 0. The lowest BCUT2D eigenvalue weighted by molar-refractivity contribution is 0.584. The summed E-state index contributed by atoms with van der Waals surface area (Å²) in [7, 11) is 0. The Bertz CT molecular complexity index is 1010. The van der Waals surface area contributed by atoms with Gasteiger partial charge in [-0.05, 0) is 42.7 Å². The maximum absolute atomic E-state index is 13.2. The molecule has 0 amide bonds. The van der Waals surface area contributed by atoms with E-state index in [0.717, 1.165) is 30.8 Å². The second-order valence-electron chi connectivity index (χ2n) is 6.52. The fraction of sp³-hybridized carbons (Fsp3) is 0.350. The number of hydrogen-bond acceptors (Lipinski definition) is 5. The third-order valence-electron chi connectivity index (χ3n) is 4.21. The molecule has 0 spiro atoms. The molecule has 1 aromatic carbocycles. The van der Waals surface area contributed by atoms with Gasteiger partial charge in [-0.15, -0.1) is 0 Å². The Hall–Kier alpha value is -2.78. The summed E-state index contributed by atoms with van der Waals surface area (Å²) >= 11 is -1.37. The monoisotopic (exact) mass is 416 g/mol. The number of nitrogens with one attached hydrogen (secondary N) is 2. The minimum Gasteiger partial charge on any atom is -0.549 e. The third-order valence-corrected chi connectivity index (χ3v) is 4.97. The van der Waals surface area contributed by atoms with Gasteiger partial charge in [-0.3, -0.25) is 9.98 Å². The van der Waals surface area contributed by atoms with Crippen LogP contribution in [-0.4, -0.2) is 37.9 Å². The summed E-state index contributed by atoms with van der Waals surface area (Å²) in [4.78, 5) is 15.5. The van der Waals surface area contributed by atoms with Crippen molar-refractivity contribution < 1.29 is 8.94 Å². The van der Waals surface area contributed by atoms with Crippen LogP contribution in [0.2, 0.25) is 0 Å². The van der Waals surface area contributed by atoms with E-state index in [1.807, 2.05) is 25.1 Å². The summed E-state index contributed by atoms with van der Waals surface area (Å²) in [6, 6.07) is 12.3. The fourth-order valence-corrected chi connectivity index (χ4v) is 3.54. The van der Waals surface area contributed by atoms with Crippen molar-refractivity contribution in [2.24, 2.45) is 9.98 Å². The van der Waals surface area contributed by atoms with Gasteiger partial charge in [-0.2, -0.15) is 8.75 Å². The summed E-state index contributed by atoms with van der Waals surface area (Å²) < 4.78 is 30.4. The molecule has 0 fully saturated rings. The number of H-pyrrole nitrogens is 2. The van der Waals surface area contributed by atoms with Crippen LogP contribution >= 0.6 is 11.1 Å². The number of anilines is 1. The first-order chi connectivity index (χ1) is 14.2. The van der Waals surface area contributed by atoms with E-state index in [-0.39, 0.29) is 5.82 Å². The number of hydrogen-bond donors (Lipinski definition) is 2. The van der Waals surface area contributed by atoms with Gasteiger partial charge in [0, 0.05) is 32.4 Å². The average molecular weight is 417 g/mol. The molecule has 3 rings (SSSR count). The topological polar surface area (TPSA) is 95.5 Å². The van der Waals surface area contributed by atoms with Crippen molar-refractivity contribution in [3.05, 3.63) is 71.0 Å². The SMILES string of the molecule is CCCN=c1[nH][s+]([O-])[nH]c1=NCCCN(Cc1ccc(F)cc1)c1ccccn1. The highest BCUT2D eigenvalue weighted by molar-refractivity contribution is 7.13. The first-order valence-electron chi connectivity index (χ1n) is 9.60. The van der Waals surface area contributed by atoms with Crippen molar-refractivity contribution in [1.82, 2.24) is 13.7 Å². The molecule has 2 N–H and O–H groups in total. The van der Waals surface area contributed by atoms with Crippen LogP contribution in [0.25, 0.3) is 0 Å². The Kier molecular flexibility index (Phi) is 7.71. The van der Waals surface area contributed by atoms with Gasteiger partial charge in [0.15, 0.2) is 0 Å². The van der Waals surface area contributed by atoms with Crippen LogP contribution in [0.15, 0.2) is 58.6 Å². The van der Waals surface area contributed by atoms with Gasteiger partial charge in [-0.25, -0.2) is 9.37 Å². The van der Waals surface area contributed by atoms with E-state index in [0.29, 0.717) is 30.6 Å². The zero-order valence-corrected chi connectivity index (χ0v) is 17.2. The highest BCUT2D eigenvalue weighted by Crippen LogP contribution is 2.15. The average Bonchev–Trinajstić information content (AvgIpc) is 3.10. The lowest BCUT2D eigenvalue weighted by atomic mass is 10.2. The molecule has 9 heteroatoms. The van der Waals surface area contributed by atoms with Crippen molar-refractivity contribution in [3.63, 3.8) is 0 Å². The molecule has 0 bridgehead atoms. The van der Waals surface area contributed by atoms with Crippen molar-refractivity contribution in [3.8, 4) is 0 Å². The number of nitrogens with zero attached hydrogens (tertiary/aromatic N) is 4. The summed E-state index contributed by atoms with van der Waals surface area (Å²) in [6.07, 6.45) is 3.44. The van der Waals surface area contributed by atoms with Gasteiger partial charge >= 0.3 is 0 Å². The van der Waals surface area contributed by atoms with Crippen molar-refractivity contribution in [2.45, 2.75) is 26.3 Å². The third kappa shape index (κ3) is 6.37. The van der Waals surface area contributed by atoms with Gasteiger partial charge in [-0.1, -0.05) is 25.1 Å². The summed E-state index contributed by atoms with van der Waals surface area (Å²) in [5.74, 6) is 0.612. The maximum Gasteiger partial charge on any atom is 0.219 e. The van der Waals surface area contributed by atoms with Gasteiger partial charge in [0.1, 0.15) is 22.8 Å². The molecule has 0 saturated carbocycles. The van der Waals surface area contributed by atoms with Gasteiger partial charge in [0.25, 0.3) is 0 Å². The predicted octanol–water partition coefficient (Wildman–Crippen LogP) is 2.91. The van der Waals surface area contributed by atoms with E-state index in [1.54, 1.807) is 18.3 Å². The minimum absolute atomic E-state index is 0.246. The van der Waals surface area contributed by atoms with Gasteiger partial charge < -0.3 is 9.45 Å². The Morgan fingerprint density at radius 1 is 1.07 bits per heavy atom. The number of aromatic amines is 2. The fourth-order valence-electron chi connectivity index (χ4n) is 2.81. The van der Waals surface area contributed by atoms with Crippen LogP contribution in [0.3, 0.4) is 0 Å². The van der Waals surface area contributed by atoms with Crippen LogP contribution in [0.1, 0.15) is 25.3 Å². The smallest absolute Gasteiger partial charge is 0.219 e. The quantitative estimate of drug-likeness (QED) is 0.415. The van der Waals surface area contributed by atoms with E-state index in [4.69, 9.17) is 0 Å². The molecule has 154 valence electrons. The molecule has 1 unspecified atom stereocenters. The number of rotatable bonds is 9. The Morgan fingerprint density at radius 3 is 2.45 bits per heavy atom. The van der Waals surface area contributed by atoms with Crippen LogP contribution in [0, 0.1) is 5.82 Å². The first-order valence-corrected chi connectivity index (χ1v) is 10.8. The van der Waals surface area contributed by atoms with Crippen LogP contribution in [-0.2, 0) is 6.54 Å². The number of pyridine rings is 1. The maximum atomic E-state index is 13.2. The minimum atomic E-state index is -1.37. The van der Waals surface area contributed by atoms with Crippen molar-refractivity contribution in [2.75, 3.05) is 24.5 Å². The molecule has 0 aliphatic heterocycles. The van der Waals surface area contributed by atoms with Crippen LogP contribution < -0.4 is 15.9 Å². The van der Waals surface area contributed by atoms with E-state index in [1.165, 1.54) is 12.1 Å². The molecule has 0 aliphatic rings. The van der Waals surface area contributed by atoms with E-state index in [2.05, 4.69) is 28.6 Å². The largest absolute Gasteiger partial charge is 0.549 e. The number of aromatic nitrogens is 3. The Labute approximate surface area is 171 Å². The van der Waals surface area contributed by atoms with E-state index < -0.39 is 11.1 Å². The normalized spacial score (nSPS) is 13.1. The van der Waals surface area contributed by atoms with Crippen molar-refractivity contribution in [1.29, 1.82) is 0 Å². The molecular formula is C20H25FN6OS. The highest BCUT2D eigenvalue weighted by atomic mass is 32.2. The first kappa shape index (κ1) is 20.9. The molecular weight excluding hydrogens is 391 g/mol. The molecule has 2 aromatic heterocycles. The van der Waals surface area contributed by atoms with Crippen LogP contribution in [0.4, 0.5) is 10.2 Å². The number of benzene rings is 1. The van der Waals surface area contributed by atoms with Gasteiger partial charge in [0.05, 0.1) is 0 Å². The molecule has 2 heterocycles. The highest BCUT2D eigenvalue weighted by Gasteiger charge is 2.08. The predicted molar refractivity (Wildman–Crippen MR) is 111 cm³/mol. The molecule has 7 nitrogen and oxygen atoms in total. The van der Waals surface area contributed by atoms with Gasteiger partial charge in [0.2, 0.25) is 11.0 Å². The summed E-state index contributed by atoms with van der Waals surface area (Å²) in [6.45, 7) is 4.60. The standard InChI is InChI=1S/C20H25FN6OS/c1-2-11-23-19-20(26-29(28)25-19)24-13-5-14-27(18-6-3-4-12-22-18)15-16-7-9-17(21)10-8-16/h3-4,6-10,12H,2,5,11,13-15H2,1H3,(H,23,25)(H,24,26). The summed E-state index contributed by atoms with van der Waals surface area (Å²) in [5.41, 5.74) is 2.10. The molecule has 0 aliphatic carbocycles. The Morgan fingerprint density at radius 2 is 1.79 bits per heavy atom. The second kappa shape index (κ2) is 10.7. The lowest BCUT2D eigenvalue weighted by Crippen LogP contribution is -2.28.